The summed E-state index contributed by atoms with van der Waals surface area (Å²) in [5.41, 5.74) is 0.961. The Hall–Kier alpha value is -5.32. The van der Waals surface area contributed by atoms with Crippen LogP contribution in [0, 0.1) is 0 Å². The average Bonchev–Trinajstić information content (AvgIpc) is 3.17. The molecule has 0 saturated carbocycles. The summed E-state index contributed by atoms with van der Waals surface area (Å²) >= 11 is 0. The predicted octanol–water partition coefficient (Wildman–Crippen LogP) is 6.84. The highest BCUT2D eigenvalue weighted by molar-refractivity contribution is 5.91. The average molecular weight is 681 g/mol. The summed E-state index contributed by atoms with van der Waals surface area (Å²) in [6.07, 6.45) is -3.16. The molecule has 5 atom stereocenters. The molecule has 0 unspecified atom stereocenters. The van der Waals surface area contributed by atoms with E-state index in [0.717, 1.165) is 19.3 Å². The van der Waals surface area contributed by atoms with Gasteiger partial charge in [0.2, 0.25) is 0 Å². The zero-order valence-electron chi connectivity index (χ0n) is 27.8. The van der Waals surface area contributed by atoms with E-state index in [1.165, 1.54) is 0 Å². The molecule has 0 amide bonds. The first-order valence-corrected chi connectivity index (χ1v) is 16.7. The first-order valence-electron chi connectivity index (χ1n) is 16.7. The lowest BCUT2D eigenvalue weighted by Gasteiger charge is -2.44. The molecule has 10 nitrogen and oxygen atoms in total. The molecule has 260 valence electrons. The van der Waals surface area contributed by atoms with Crippen LogP contribution in [0.3, 0.4) is 0 Å². The molecule has 1 aliphatic heterocycles. The van der Waals surface area contributed by atoms with Crippen molar-refractivity contribution in [1.29, 1.82) is 0 Å². The number of rotatable bonds is 15. The van der Waals surface area contributed by atoms with Crippen LogP contribution in [-0.4, -0.2) is 67.8 Å². The summed E-state index contributed by atoms with van der Waals surface area (Å²) in [7, 11) is 0. The third-order valence-corrected chi connectivity index (χ3v) is 8.02. The second-order valence-electron chi connectivity index (χ2n) is 11.6. The van der Waals surface area contributed by atoms with Gasteiger partial charge in [-0.25, -0.2) is 19.2 Å². The molecule has 10 heteroatoms. The Morgan fingerprint density at radius 1 is 0.520 bits per heavy atom. The highest BCUT2D eigenvalue weighted by Crippen LogP contribution is 2.32. The molecule has 5 rings (SSSR count). The van der Waals surface area contributed by atoms with Crippen molar-refractivity contribution in [2.45, 2.75) is 63.3 Å². The van der Waals surface area contributed by atoms with Gasteiger partial charge < -0.3 is 28.4 Å². The van der Waals surface area contributed by atoms with Gasteiger partial charge in [0.15, 0.2) is 24.6 Å². The topological polar surface area (TPSA) is 124 Å². The number of ether oxygens (including phenoxy) is 6. The lowest BCUT2D eigenvalue weighted by atomic mass is 9.97. The molecule has 1 heterocycles. The van der Waals surface area contributed by atoms with Gasteiger partial charge in [-0.1, -0.05) is 99.0 Å². The number of carbonyl (C=O) groups excluding carboxylic acids is 4. The predicted molar refractivity (Wildman–Crippen MR) is 182 cm³/mol. The van der Waals surface area contributed by atoms with Crippen LogP contribution in [0.2, 0.25) is 0 Å². The van der Waals surface area contributed by atoms with E-state index in [2.05, 4.69) is 6.92 Å². The Labute approximate surface area is 291 Å². The van der Waals surface area contributed by atoms with Crippen molar-refractivity contribution in [2.75, 3.05) is 13.2 Å². The van der Waals surface area contributed by atoms with Gasteiger partial charge in [0.25, 0.3) is 0 Å². The van der Waals surface area contributed by atoms with Gasteiger partial charge in [0.1, 0.15) is 12.7 Å². The third kappa shape index (κ3) is 9.87. The van der Waals surface area contributed by atoms with E-state index in [1.807, 2.05) is 0 Å². The van der Waals surface area contributed by atoms with Gasteiger partial charge in [-0.3, -0.25) is 0 Å². The first kappa shape index (κ1) is 36.0. The Morgan fingerprint density at radius 2 is 0.940 bits per heavy atom. The molecule has 1 saturated heterocycles. The fourth-order valence-corrected chi connectivity index (χ4v) is 5.39. The van der Waals surface area contributed by atoms with E-state index in [4.69, 9.17) is 28.4 Å². The van der Waals surface area contributed by atoms with Crippen LogP contribution >= 0.6 is 0 Å². The highest BCUT2D eigenvalue weighted by Gasteiger charge is 2.53. The molecule has 1 aliphatic rings. The van der Waals surface area contributed by atoms with Crippen LogP contribution in [-0.2, 0) is 28.4 Å². The van der Waals surface area contributed by atoms with E-state index < -0.39 is 61.2 Å². The molecular formula is C40H40O10. The van der Waals surface area contributed by atoms with E-state index >= 15 is 0 Å². The summed E-state index contributed by atoms with van der Waals surface area (Å²) in [4.78, 5) is 53.8. The number of benzene rings is 4. The van der Waals surface area contributed by atoms with E-state index in [-0.39, 0.29) is 23.3 Å². The van der Waals surface area contributed by atoms with E-state index in [1.54, 1.807) is 121 Å². The van der Waals surface area contributed by atoms with Gasteiger partial charge in [-0.15, -0.1) is 0 Å². The third-order valence-electron chi connectivity index (χ3n) is 8.02. The molecule has 0 aliphatic carbocycles. The molecule has 0 bridgehead atoms. The monoisotopic (exact) mass is 680 g/mol. The van der Waals surface area contributed by atoms with Crippen LogP contribution in [0.5, 0.6) is 0 Å². The van der Waals surface area contributed by atoms with Crippen molar-refractivity contribution >= 4 is 23.9 Å². The summed E-state index contributed by atoms with van der Waals surface area (Å²) in [5.74, 6) is -2.90. The first-order chi connectivity index (χ1) is 24.4. The Balaban J connectivity index is 1.52. The van der Waals surface area contributed by atoms with Crippen LogP contribution < -0.4 is 0 Å². The van der Waals surface area contributed by atoms with Crippen molar-refractivity contribution < 1.29 is 47.6 Å². The van der Waals surface area contributed by atoms with Crippen LogP contribution in [0.4, 0.5) is 0 Å². The number of hydrogen-bond acceptors (Lipinski definition) is 10. The Kier molecular flexibility index (Phi) is 13.3. The van der Waals surface area contributed by atoms with Crippen molar-refractivity contribution in [1.82, 2.24) is 0 Å². The van der Waals surface area contributed by atoms with Gasteiger partial charge in [0, 0.05) is 6.61 Å². The fraction of sp³-hybridized carbons (Fsp3) is 0.300. The maximum atomic E-state index is 13.6. The number of hydrogen-bond donors (Lipinski definition) is 0. The quantitative estimate of drug-likeness (QED) is 0.0749. The second kappa shape index (κ2) is 18.4. The lowest BCUT2D eigenvalue weighted by Crippen LogP contribution is -2.63. The largest absolute Gasteiger partial charge is 0.459 e. The fourth-order valence-electron chi connectivity index (χ4n) is 5.39. The van der Waals surface area contributed by atoms with Gasteiger partial charge in [-0.2, -0.15) is 0 Å². The number of unbranched alkanes of at least 4 members (excludes halogenated alkanes) is 3. The van der Waals surface area contributed by atoms with Crippen LogP contribution in [0.25, 0.3) is 0 Å². The second-order valence-corrected chi connectivity index (χ2v) is 11.6. The zero-order chi connectivity index (χ0) is 35.1. The van der Waals surface area contributed by atoms with Crippen molar-refractivity contribution in [3.63, 3.8) is 0 Å². The minimum atomic E-state index is -1.45. The minimum Gasteiger partial charge on any atom is -0.459 e. The zero-order valence-corrected chi connectivity index (χ0v) is 27.8. The Bertz CT molecular complexity index is 1660. The minimum absolute atomic E-state index is 0.212. The molecular weight excluding hydrogens is 640 g/mol. The number of carbonyl (C=O) groups is 4. The van der Waals surface area contributed by atoms with E-state index in [0.29, 0.717) is 12.0 Å². The smallest absolute Gasteiger partial charge is 0.338 e. The van der Waals surface area contributed by atoms with Crippen molar-refractivity contribution in [2.24, 2.45) is 0 Å². The SMILES string of the molecule is CCCCCCO[C@@H]1O[C@H](COC(=O)c2ccccc2)[C@@H](OC(=O)c2ccccc2)[C@H](OC(=O)c2ccccc2)[C@H]1OC(=O)c1ccccc1. The maximum Gasteiger partial charge on any atom is 0.338 e. The molecule has 4 aromatic rings. The summed E-state index contributed by atoms with van der Waals surface area (Å²) < 4.78 is 36.3. The summed E-state index contributed by atoms with van der Waals surface area (Å²) in [6, 6.07) is 33.1. The summed E-state index contributed by atoms with van der Waals surface area (Å²) in [5, 5.41) is 0. The molecule has 0 spiro atoms. The molecule has 1 fully saturated rings. The van der Waals surface area contributed by atoms with Crippen LogP contribution in [0.15, 0.2) is 121 Å². The standard InChI is InChI=1S/C40H40O10/c1-2-3-4-17-26-45-40-35(50-39(44)31-24-15-8-16-25-31)34(49-38(43)30-22-13-7-14-23-30)33(48-37(42)29-20-11-6-12-21-29)32(47-40)27-46-36(41)28-18-9-5-10-19-28/h5-16,18-25,32-35,40H,2-4,17,26-27H2,1H3/t32-,33-,34+,35-,40-/m1/s1. The highest BCUT2D eigenvalue weighted by atomic mass is 16.7. The Morgan fingerprint density at radius 3 is 1.40 bits per heavy atom. The van der Waals surface area contributed by atoms with Crippen molar-refractivity contribution in [3.8, 4) is 0 Å². The molecule has 0 radical (unpaired) electrons. The maximum absolute atomic E-state index is 13.6. The van der Waals surface area contributed by atoms with Gasteiger partial charge >= 0.3 is 23.9 Å². The number of esters is 4. The molecule has 0 N–H and O–H groups in total. The van der Waals surface area contributed by atoms with E-state index in [9.17, 15) is 19.2 Å². The molecule has 0 aromatic heterocycles. The lowest BCUT2D eigenvalue weighted by molar-refractivity contribution is -0.298. The molecule has 4 aromatic carbocycles. The van der Waals surface area contributed by atoms with Crippen LogP contribution in [0.1, 0.15) is 74.0 Å². The van der Waals surface area contributed by atoms with Gasteiger partial charge in [0.05, 0.1) is 22.3 Å². The summed E-state index contributed by atoms with van der Waals surface area (Å²) in [6.45, 7) is 1.91. The molecule has 50 heavy (non-hydrogen) atoms. The van der Waals surface area contributed by atoms with Crippen molar-refractivity contribution in [3.05, 3.63) is 144 Å². The van der Waals surface area contributed by atoms with Gasteiger partial charge in [-0.05, 0) is 55.0 Å². The normalized spacial score (nSPS) is 19.9.